The maximum Gasteiger partial charge on any atom is 0.416 e. The van der Waals surface area contributed by atoms with Gasteiger partial charge in [-0.3, -0.25) is 23.9 Å². The van der Waals surface area contributed by atoms with E-state index < -0.39 is 47.4 Å². The van der Waals surface area contributed by atoms with Gasteiger partial charge in [0.05, 0.1) is 18.6 Å². The number of aromatic nitrogens is 1. The summed E-state index contributed by atoms with van der Waals surface area (Å²) >= 11 is 9.46. The van der Waals surface area contributed by atoms with Gasteiger partial charge in [-0.1, -0.05) is 27.5 Å². The molecule has 38 heavy (non-hydrogen) atoms. The highest BCUT2D eigenvalue weighted by Crippen LogP contribution is 2.33. The molecule has 1 aliphatic rings. The summed E-state index contributed by atoms with van der Waals surface area (Å²) < 4.78 is 61.0. The first-order valence-electron chi connectivity index (χ1n) is 11.9. The average molecular weight is 625 g/mol. The smallest absolute Gasteiger partial charge is 0.416 e. The molecule has 0 bridgehead atoms. The predicted molar refractivity (Wildman–Crippen MR) is 137 cm³/mol. The number of benzene rings is 1. The molecule has 2 unspecified atom stereocenters. The van der Waals surface area contributed by atoms with Crippen molar-refractivity contribution in [3.63, 3.8) is 0 Å². The Bertz CT molecular complexity index is 1210. The molecule has 0 saturated carbocycles. The van der Waals surface area contributed by atoms with Gasteiger partial charge in [0, 0.05) is 47.4 Å². The van der Waals surface area contributed by atoms with Crippen molar-refractivity contribution in [3.8, 4) is 0 Å². The molecule has 1 saturated heterocycles. The number of hydrogen-bond acceptors (Lipinski definition) is 5. The van der Waals surface area contributed by atoms with Crippen molar-refractivity contribution in [2.45, 2.75) is 51.1 Å². The Hall–Kier alpha value is -2.44. The number of nitrogens with one attached hydrogen (secondary N) is 1. The lowest BCUT2D eigenvalue weighted by molar-refractivity contribution is -0.143. The summed E-state index contributed by atoms with van der Waals surface area (Å²) in [5.74, 6) is -1.27. The molecular formula is C25H27BrClF4N3O4. The number of ether oxygens (including phenoxy) is 1. The van der Waals surface area contributed by atoms with Crippen LogP contribution in [0.15, 0.2) is 39.7 Å². The largest absolute Gasteiger partial charge is 0.466 e. The fraction of sp³-hybridized carbons (Fsp3) is 0.480. The fourth-order valence-corrected chi connectivity index (χ4v) is 5.12. The second-order valence-electron chi connectivity index (χ2n) is 9.09. The summed E-state index contributed by atoms with van der Waals surface area (Å²) in [6.07, 6.45) is -5.07. The minimum absolute atomic E-state index is 0.116. The number of hydrogen-bond donors (Lipinski definition) is 1. The van der Waals surface area contributed by atoms with Gasteiger partial charge in [-0.25, -0.2) is 4.39 Å². The Balaban J connectivity index is 2.04. The molecule has 2 aromatic rings. The van der Waals surface area contributed by atoms with Gasteiger partial charge < -0.3 is 10.1 Å². The molecule has 1 N–H and O–H groups in total. The number of nitrogens with zero attached hydrogens (tertiary/aromatic N) is 2. The van der Waals surface area contributed by atoms with E-state index in [1.165, 1.54) is 12.1 Å². The van der Waals surface area contributed by atoms with Crippen molar-refractivity contribution < 1.29 is 31.9 Å². The van der Waals surface area contributed by atoms with Crippen molar-refractivity contribution in [2.24, 2.45) is 0 Å². The summed E-state index contributed by atoms with van der Waals surface area (Å²) in [5.41, 5.74) is -2.14. The second kappa shape index (κ2) is 12.6. The number of esters is 1. The van der Waals surface area contributed by atoms with E-state index in [1.807, 2.05) is 0 Å². The van der Waals surface area contributed by atoms with E-state index in [1.54, 1.807) is 24.8 Å². The lowest BCUT2D eigenvalue weighted by Crippen LogP contribution is -2.49. The summed E-state index contributed by atoms with van der Waals surface area (Å²) in [7, 11) is 0. The van der Waals surface area contributed by atoms with Crippen LogP contribution >= 0.6 is 27.5 Å². The van der Waals surface area contributed by atoms with Crippen LogP contribution in [0.3, 0.4) is 0 Å². The highest BCUT2D eigenvalue weighted by molar-refractivity contribution is 9.10. The lowest BCUT2D eigenvalue weighted by atomic mass is 10.0. The van der Waals surface area contributed by atoms with Gasteiger partial charge in [-0.2, -0.15) is 13.2 Å². The number of rotatable bonds is 10. The summed E-state index contributed by atoms with van der Waals surface area (Å²) in [4.78, 5) is 40.0. The van der Waals surface area contributed by atoms with Crippen LogP contribution in [0.1, 0.15) is 43.0 Å². The molecule has 0 aliphatic carbocycles. The highest BCUT2D eigenvalue weighted by Gasteiger charge is 2.36. The van der Waals surface area contributed by atoms with Gasteiger partial charge in [0.1, 0.15) is 12.2 Å². The molecule has 3 rings (SSSR count). The van der Waals surface area contributed by atoms with Gasteiger partial charge in [0.25, 0.3) is 5.56 Å². The number of amides is 1. The topological polar surface area (TPSA) is 80.6 Å². The molecule has 1 aliphatic heterocycles. The van der Waals surface area contributed by atoms with Crippen LogP contribution in [0.25, 0.3) is 0 Å². The van der Waals surface area contributed by atoms with Gasteiger partial charge in [-0.15, -0.1) is 0 Å². The van der Waals surface area contributed by atoms with Crippen LogP contribution in [0.2, 0.25) is 5.02 Å². The molecule has 2 atom stereocenters. The second-order valence-corrected chi connectivity index (χ2v) is 10.4. The van der Waals surface area contributed by atoms with Crippen LogP contribution in [0.5, 0.6) is 0 Å². The molecule has 2 heterocycles. The van der Waals surface area contributed by atoms with Crippen molar-refractivity contribution >= 4 is 39.4 Å². The van der Waals surface area contributed by atoms with Crippen molar-refractivity contribution in [3.05, 3.63) is 67.0 Å². The molecule has 0 radical (unpaired) electrons. The number of halogens is 6. The molecule has 0 spiro atoms. The first-order valence-corrected chi connectivity index (χ1v) is 13.1. The van der Waals surface area contributed by atoms with Gasteiger partial charge in [0.15, 0.2) is 0 Å². The lowest BCUT2D eigenvalue weighted by Gasteiger charge is -2.34. The normalized spacial score (nSPS) is 16.0. The van der Waals surface area contributed by atoms with Crippen molar-refractivity contribution in [1.82, 2.24) is 14.8 Å². The Morgan fingerprint density at radius 3 is 2.50 bits per heavy atom. The number of carbonyl (C=O) groups excluding carboxylic acids is 2. The SMILES string of the molecule is CCOC(=O)CC(C)NC(=O)C(c1cc(Cl)cc(Br)c1)n1cc(CCN2CC(F)C2)c(C(F)(F)F)cc1=O. The minimum Gasteiger partial charge on any atom is -0.466 e. The number of alkyl halides is 4. The Morgan fingerprint density at radius 1 is 1.24 bits per heavy atom. The number of pyridine rings is 1. The zero-order chi connectivity index (χ0) is 28.2. The van der Waals surface area contributed by atoms with E-state index in [0.29, 0.717) is 10.5 Å². The summed E-state index contributed by atoms with van der Waals surface area (Å²) in [5, 5.41) is 2.87. The van der Waals surface area contributed by atoms with Gasteiger partial charge in [0.2, 0.25) is 5.91 Å². The molecular weight excluding hydrogens is 598 g/mol. The zero-order valence-electron chi connectivity index (χ0n) is 20.7. The van der Waals surface area contributed by atoms with Gasteiger partial charge >= 0.3 is 12.1 Å². The van der Waals surface area contributed by atoms with Crippen LogP contribution in [0, 0.1) is 0 Å². The van der Waals surface area contributed by atoms with Crippen LogP contribution < -0.4 is 10.9 Å². The van der Waals surface area contributed by atoms with E-state index in [0.717, 1.165) is 10.8 Å². The molecule has 13 heteroatoms. The predicted octanol–water partition coefficient (Wildman–Crippen LogP) is 4.53. The third-order valence-corrected chi connectivity index (χ3v) is 6.65. The minimum atomic E-state index is -4.81. The first-order chi connectivity index (χ1) is 17.8. The van der Waals surface area contributed by atoms with E-state index in [-0.39, 0.29) is 55.2 Å². The summed E-state index contributed by atoms with van der Waals surface area (Å²) in [6.45, 7) is 3.76. The van der Waals surface area contributed by atoms with E-state index in [9.17, 15) is 31.9 Å². The van der Waals surface area contributed by atoms with Gasteiger partial charge in [-0.05, 0) is 49.6 Å². The molecule has 1 aromatic carbocycles. The van der Waals surface area contributed by atoms with E-state index in [2.05, 4.69) is 21.2 Å². The standard InChI is InChI=1S/C25H27BrClF4N3O4/c1-3-38-22(36)6-14(2)32-24(37)23(16-7-17(26)9-18(27)8-16)34-11-15(4-5-33-12-19(28)13-33)20(10-21(34)35)25(29,30)31/h7-11,14,19,23H,3-6,12-13H2,1-2H3,(H,32,37). The Labute approximate surface area is 230 Å². The van der Waals surface area contributed by atoms with Crippen LogP contribution in [-0.4, -0.2) is 59.8 Å². The van der Waals surface area contributed by atoms with Crippen molar-refractivity contribution in [2.75, 3.05) is 26.2 Å². The fourth-order valence-electron chi connectivity index (χ4n) is 4.24. The highest BCUT2D eigenvalue weighted by atomic mass is 79.9. The third kappa shape index (κ3) is 7.79. The average Bonchev–Trinajstić information content (AvgIpc) is 2.76. The molecule has 1 fully saturated rings. The van der Waals surface area contributed by atoms with Crippen LogP contribution in [0.4, 0.5) is 17.6 Å². The first kappa shape index (κ1) is 30.1. The number of likely N-dealkylation sites (tertiary alicyclic amines) is 1. The maximum absolute atomic E-state index is 13.8. The molecule has 1 amide bonds. The van der Waals surface area contributed by atoms with Crippen molar-refractivity contribution in [1.29, 1.82) is 0 Å². The molecule has 208 valence electrons. The van der Waals surface area contributed by atoms with E-state index in [4.69, 9.17) is 16.3 Å². The zero-order valence-corrected chi connectivity index (χ0v) is 23.0. The third-order valence-electron chi connectivity index (χ3n) is 5.97. The Morgan fingerprint density at radius 2 is 1.92 bits per heavy atom. The van der Waals surface area contributed by atoms with E-state index >= 15 is 0 Å². The van der Waals surface area contributed by atoms with Crippen LogP contribution in [-0.2, 0) is 26.9 Å². The Kier molecular flexibility index (Phi) is 9.99. The summed E-state index contributed by atoms with van der Waals surface area (Å²) in [6, 6.07) is 2.87. The quantitative estimate of drug-likeness (QED) is 0.311. The molecule has 7 nitrogen and oxygen atoms in total. The maximum atomic E-state index is 13.8. The number of carbonyl (C=O) groups is 2. The molecule has 1 aromatic heterocycles. The monoisotopic (exact) mass is 623 g/mol.